The molecule has 0 bridgehead atoms. The van der Waals surface area contributed by atoms with Gasteiger partial charge in [-0.15, -0.1) is 0 Å². The molecule has 17 nitrogen and oxygen atoms in total. The molecule has 0 heterocycles. The average Bonchev–Trinajstić information content (AvgIpc) is 0.902. The Morgan fingerprint density at radius 1 is 0.264 bits per heavy atom. The Hall–Kier alpha value is -4.02. The highest BCUT2D eigenvalue weighted by Gasteiger charge is 2.30. The van der Waals surface area contributed by atoms with Gasteiger partial charge in [-0.1, -0.05) is 343 Å². The minimum atomic E-state index is -5.00. The first-order chi connectivity index (χ1) is 51.7. The number of rotatable bonds is 80. The summed E-state index contributed by atoms with van der Waals surface area (Å²) < 4.78 is 68.7. The molecule has 0 aliphatic carbocycles. The lowest BCUT2D eigenvalue weighted by molar-refractivity contribution is -0.161. The zero-order valence-electron chi connectivity index (χ0n) is 67.3. The summed E-state index contributed by atoms with van der Waals surface area (Å²) in [6.07, 6.45) is 85.3. The molecule has 0 fully saturated rings. The molecule has 0 aromatic rings. The minimum Gasteiger partial charge on any atom is -0.462 e. The highest BCUT2D eigenvalue weighted by atomic mass is 31.2. The first kappa shape index (κ1) is 102. The van der Waals surface area contributed by atoms with E-state index in [-0.39, 0.29) is 25.7 Å². The molecule has 614 valence electrons. The normalized spacial score (nSPS) is 14.3. The van der Waals surface area contributed by atoms with Gasteiger partial charge in [-0.3, -0.25) is 37.3 Å². The summed E-state index contributed by atoms with van der Waals surface area (Å²) >= 11 is 0. The fraction of sp³-hybridized carbons (Fsp3) is 0.770. The van der Waals surface area contributed by atoms with Crippen molar-refractivity contribution >= 4 is 39.5 Å². The molecule has 0 spiro atoms. The van der Waals surface area contributed by atoms with Gasteiger partial charge >= 0.3 is 39.5 Å². The molecule has 0 aliphatic heterocycles. The van der Waals surface area contributed by atoms with Crippen molar-refractivity contribution in [3.63, 3.8) is 0 Å². The highest BCUT2D eigenvalue weighted by molar-refractivity contribution is 7.47. The van der Waals surface area contributed by atoms with Gasteiger partial charge in [0.1, 0.15) is 19.3 Å². The highest BCUT2D eigenvalue weighted by Crippen LogP contribution is 2.45. The second kappa shape index (κ2) is 79.1. The van der Waals surface area contributed by atoms with Gasteiger partial charge in [-0.25, -0.2) is 9.13 Å². The maximum atomic E-state index is 13.1. The third kappa shape index (κ3) is 78.1. The number of aliphatic hydroxyl groups excluding tert-OH is 1. The van der Waals surface area contributed by atoms with Crippen LogP contribution in [0.2, 0.25) is 0 Å². The van der Waals surface area contributed by atoms with E-state index in [0.717, 1.165) is 96.3 Å². The molecule has 0 aliphatic rings. The van der Waals surface area contributed by atoms with E-state index in [1.807, 2.05) is 24.3 Å². The molecular formula is C87H154O17P2. The molecule has 0 amide bonds. The lowest BCUT2D eigenvalue weighted by Gasteiger charge is -2.21. The van der Waals surface area contributed by atoms with Crippen molar-refractivity contribution in [2.24, 2.45) is 0 Å². The topological polar surface area (TPSA) is 237 Å². The number of hydrogen-bond acceptors (Lipinski definition) is 15. The van der Waals surface area contributed by atoms with Crippen LogP contribution in [0.25, 0.3) is 0 Å². The predicted octanol–water partition coefficient (Wildman–Crippen LogP) is 25.1. The molecule has 5 atom stereocenters. The summed E-state index contributed by atoms with van der Waals surface area (Å²) in [7, 11) is -9.99. The van der Waals surface area contributed by atoms with E-state index >= 15 is 0 Å². The van der Waals surface area contributed by atoms with Crippen molar-refractivity contribution in [3.05, 3.63) is 97.2 Å². The number of ether oxygens (including phenoxy) is 4. The van der Waals surface area contributed by atoms with E-state index in [0.29, 0.717) is 38.5 Å². The molecule has 0 saturated carbocycles. The standard InChI is InChI=1S/C87H154O17P2/c1-5-9-13-17-21-25-29-33-37-40-44-47-51-55-59-63-67-71-84(89)97-77-82(103-86(91)73-69-65-61-57-53-49-43-36-32-28-24-20-16-12-8-4)79-101-105(93,94)99-75-81(88)76-100-106(95,96)102-80-83(104-87(92)74-70-66-62-58-54-50-46-42-39-35-31-27-23-19-15-11-7-3)78-98-85(90)72-68-64-60-56-52-48-45-41-38-34-30-26-22-18-14-10-6-2/h22-23,26-27,34-35,38-39,45-46,48,50,56,58,60,62,81-83,88H,5-21,24-25,28-33,36-37,40-44,47,49,51-55,57,59,61,63-80H2,1-4H3,(H,93,94)(H,95,96)/b26-22-,27-23-,38-34-,39-35-,48-45-,50-46-,60-56-,62-58-/t81-,82+,83+/m0/s1. The second-order valence-corrected chi connectivity index (χ2v) is 31.3. The zero-order chi connectivity index (χ0) is 77.4. The Morgan fingerprint density at radius 3 is 0.755 bits per heavy atom. The van der Waals surface area contributed by atoms with Crippen LogP contribution in [0.15, 0.2) is 97.2 Å². The number of carbonyl (C=O) groups is 4. The smallest absolute Gasteiger partial charge is 0.462 e. The number of aliphatic hydroxyl groups is 1. The second-order valence-electron chi connectivity index (χ2n) is 28.4. The van der Waals surface area contributed by atoms with E-state index in [1.165, 1.54) is 186 Å². The Kier molecular flexibility index (Phi) is 76.1. The van der Waals surface area contributed by atoms with Crippen LogP contribution in [0.3, 0.4) is 0 Å². The molecule has 0 radical (unpaired) electrons. The summed E-state index contributed by atoms with van der Waals surface area (Å²) in [6, 6.07) is 0. The van der Waals surface area contributed by atoms with Gasteiger partial charge in [0.25, 0.3) is 0 Å². The number of phosphoric acid groups is 2. The van der Waals surface area contributed by atoms with Crippen LogP contribution >= 0.6 is 15.6 Å². The van der Waals surface area contributed by atoms with Gasteiger partial charge in [0.2, 0.25) is 0 Å². The Balaban J connectivity index is 5.43. The van der Waals surface area contributed by atoms with Crippen molar-refractivity contribution in [1.82, 2.24) is 0 Å². The van der Waals surface area contributed by atoms with Crippen LogP contribution in [0.4, 0.5) is 0 Å². The van der Waals surface area contributed by atoms with E-state index in [9.17, 15) is 43.2 Å². The SMILES string of the molecule is CCCCC/C=C\C/C=C\C/C=C\C/C=C\CCCC(=O)OC[C@H](COP(=O)(O)OC[C@@H](O)COP(=O)(O)OC[C@@H](COC(=O)CCCCCCCCCCCCCCCCCCC)OC(=O)CCCCCCCCCCCCCCCCC)OC(=O)CCC/C=C\C/C=C\C/C=C\C/C=C\CCCCC. The molecule has 0 aromatic heterocycles. The van der Waals surface area contributed by atoms with E-state index in [4.69, 9.17) is 37.0 Å². The molecule has 2 unspecified atom stereocenters. The van der Waals surface area contributed by atoms with Crippen LogP contribution in [0.1, 0.15) is 374 Å². The van der Waals surface area contributed by atoms with Gasteiger partial charge in [-0.2, -0.15) is 0 Å². The van der Waals surface area contributed by atoms with Gasteiger partial charge in [0.15, 0.2) is 12.2 Å². The molecule has 0 saturated heterocycles. The number of allylic oxidation sites excluding steroid dienone is 16. The van der Waals surface area contributed by atoms with Crippen LogP contribution in [-0.4, -0.2) is 96.7 Å². The quantitative estimate of drug-likeness (QED) is 0.0169. The van der Waals surface area contributed by atoms with Crippen molar-refractivity contribution in [3.8, 4) is 0 Å². The van der Waals surface area contributed by atoms with E-state index < -0.39 is 97.5 Å². The number of carbonyl (C=O) groups excluding carboxylic acids is 4. The molecule has 3 N–H and O–H groups in total. The van der Waals surface area contributed by atoms with Crippen molar-refractivity contribution < 1.29 is 80.2 Å². The summed E-state index contributed by atoms with van der Waals surface area (Å²) in [5.74, 6) is -2.28. The average molecular weight is 1530 g/mol. The number of hydrogen-bond donors (Lipinski definition) is 3. The monoisotopic (exact) mass is 1530 g/mol. The number of phosphoric ester groups is 2. The summed E-state index contributed by atoms with van der Waals surface area (Å²) in [5.41, 5.74) is 0. The van der Waals surface area contributed by atoms with Crippen LogP contribution in [0.5, 0.6) is 0 Å². The largest absolute Gasteiger partial charge is 0.472 e. The van der Waals surface area contributed by atoms with Gasteiger partial charge in [0, 0.05) is 25.7 Å². The number of esters is 4. The fourth-order valence-corrected chi connectivity index (χ4v) is 13.1. The molecular weight excluding hydrogens is 1380 g/mol. The van der Waals surface area contributed by atoms with Crippen LogP contribution in [0, 0.1) is 0 Å². The van der Waals surface area contributed by atoms with Crippen molar-refractivity contribution in [1.29, 1.82) is 0 Å². The van der Waals surface area contributed by atoms with Gasteiger partial charge in [0.05, 0.1) is 26.4 Å². The van der Waals surface area contributed by atoms with Crippen LogP contribution in [-0.2, 0) is 65.4 Å². The lowest BCUT2D eigenvalue weighted by atomic mass is 10.0. The lowest BCUT2D eigenvalue weighted by Crippen LogP contribution is -2.30. The minimum absolute atomic E-state index is 0.00789. The predicted molar refractivity (Wildman–Crippen MR) is 436 cm³/mol. The fourth-order valence-electron chi connectivity index (χ4n) is 11.6. The molecule has 0 aromatic carbocycles. The van der Waals surface area contributed by atoms with E-state index in [2.05, 4.69) is 101 Å². The molecule has 0 rings (SSSR count). The summed E-state index contributed by atoms with van der Waals surface area (Å²) in [4.78, 5) is 73.1. The Bertz CT molecular complexity index is 2380. The zero-order valence-corrected chi connectivity index (χ0v) is 69.1. The van der Waals surface area contributed by atoms with Crippen molar-refractivity contribution in [2.75, 3.05) is 39.6 Å². The third-order valence-corrected chi connectivity index (χ3v) is 20.0. The first-order valence-corrected chi connectivity index (χ1v) is 45.5. The van der Waals surface area contributed by atoms with E-state index in [1.54, 1.807) is 0 Å². The molecule has 106 heavy (non-hydrogen) atoms. The maximum absolute atomic E-state index is 13.1. The van der Waals surface area contributed by atoms with Crippen LogP contribution < -0.4 is 0 Å². The summed E-state index contributed by atoms with van der Waals surface area (Å²) in [5, 5.41) is 10.7. The van der Waals surface area contributed by atoms with Crippen molar-refractivity contribution in [2.45, 2.75) is 393 Å². The maximum Gasteiger partial charge on any atom is 0.472 e. The van der Waals surface area contributed by atoms with Gasteiger partial charge in [-0.05, 0) is 103 Å². The third-order valence-electron chi connectivity index (χ3n) is 18.1. The Labute approximate surface area is 646 Å². The van der Waals surface area contributed by atoms with Gasteiger partial charge < -0.3 is 33.8 Å². The number of unbranched alkanes of at least 4 members (excludes halogenated alkanes) is 38. The Morgan fingerprint density at radius 2 is 0.472 bits per heavy atom. The molecule has 19 heteroatoms. The first-order valence-electron chi connectivity index (χ1n) is 42.5. The summed E-state index contributed by atoms with van der Waals surface area (Å²) in [6.45, 7) is 4.77.